The Bertz CT molecular complexity index is 1100. The molecule has 0 saturated heterocycles. The van der Waals surface area contributed by atoms with E-state index in [1.54, 1.807) is 24.3 Å². The van der Waals surface area contributed by atoms with Crippen LogP contribution in [0, 0.1) is 0 Å². The molecule has 1 aliphatic carbocycles. The minimum atomic E-state index is -0.529. The highest BCUT2D eigenvalue weighted by Crippen LogP contribution is 2.30. The molecule has 4 N–H and O–H groups in total. The van der Waals surface area contributed by atoms with Crippen molar-refractivity contribution in [1.29, 1.82) is 0 Å². The van der Waals surface area contributed by atoms with E-state index < -0.39 is 18.1 Å². The van der Waals surface area contributed by atoms with Gasteiger partial charge in [-0.2, -0.15) is 0 Å². The Balaban J connectivity index is 1.59. The maximum atomic E-state index is 13.1. The standard InChI is InChI=1S/C28H31ClN4O2/c29-23-18-10-11-19-24(23)31-28(35)33-26(21-14-6-2-7-15-21)25(20-12-4-1-5-13-20)32-27(34)30-22-16-8-3-9-17-22/h1-2,4-7,10-15,18-19,22,25-26H,3,8-9,16-17H2,(H2,30,32,34)(H2,31,33,35)/t25-,26-/m0/s1. The molecule has 7 heteroatoms. The first-order chi connectivity index (χ1) is 17.1. The molecule has 0 bridgehead atoms. The fourth-order valence-electron chi connectivity index (χ4n) is 4.52. The molecule has 2 atom stereocenters. The zero-order chi connectivity index (χ0) is 24.5. The summed E-state index contributed by atoms with van der Waals surface area (Å²) < 4.78 is 0. The van der Waals surface area contributed by atoms with Crippen LogP contribution in [-0.4, -0.2) is 18.1 Å². The van der Waals surface area contributed by atoms with Crippen LogP contribution >= 0.6 is 11.6 Å². The van der Waals surface area contributed by atoms with Crippen molar-refractivity contribution >= 4 is 29.4 Å². The maximum absolute atomic E-state index is 13.1. The van der Waals surface area contributed by atoms with Gasteiger partial charge in [-0.3, -0.25) is 0 Å². The Morgan fingerprint density at radius 3 is 1.77 bits per heavy atom. The van der Waals surface area contributed by atoms with Crippen LogP contribution in [0.15, 0.2) is 84.9 Å². The van der Waals surface area contributed by atoms with Gasteiger partial charge in [-0.15, -0.1) is 0 Å². The van der Waals surface area contributed by atoms with Crippen molar-refractivity contribution in [1.82, 2.24) is 16.0 Å². The normalized spacial score (nSPS) is 15.5. The number of urea groups is 2. The molecular weight excluding hydrogens is 460 g/mol. The van der Waals surface area contributed by atoms with Crippen LogP contribution in [-0.2, 0) is 0 Å². The van der Waals surface area contributed by atoms with Crippen molar-refractivity contribution in [3.63, 3.8) is 0 Å². The monoisotopic (exact) mass is 490 g/mol. The zero-order valence-corrected chi connectivity index (χ0v) is 20.3. The highest BCUT2D eigenvalue weighted by Gasteiger charge is 2.29. The first-order valence-electron chi connectivity index (χ1n) is 12.1. The van der Waals surface area contributed by atoms with Crippen LogP contribution in [0.5, 0.6) is 0 Å². The molecule has 182 valence electrons. The van der Waals surface area contributed by atoms with Gasteiger partial charge in [0.2, 0.25) is 0 Å². The second kappa shape index (κ2) is 12.3. The quantitative estimate of drug-likeness (QED) is 0.302. The highest BCUT2D eigenvalue weighted by atomic mass is 35.5. The average molecular weight is 491 g/mol. The Kier molecular flexibility index (Phi) is 8.63. The Hall–Kier alpha value is -3.51. The minimum absolute atomic E-state index is 0.173. The molecule has 4 rings (SSSR count). The second-order valence-electron chi connectivity index (χ2n) is 8.81. The summed E-state index contributed by atoms with van der Waals surface area (Å²) in [4.78, 5) is 26.2. The van der Waals surface area contributed by atoms with Gasteiger partial charge >= 0.3 is 12.1 Å². The van der Waals surface area contributed by atoms with Crippen LogP contribution in [0.25, 0.3) is 0 Å². The van der Waals surface area contributed by atoms with Crippen molar-refractivity contribution in [2.45, 2.75) is 50.2 Å². The van der Waals surface area contributed by atoms with Gasteiger partial charge < -0.3 is 21.3 Å². The number of halogens is 1. The predicted octanol–water partition coefficient (Wildman–Crippen LogP) is 6.58. The summed E-state index contributed by atoms with van der Waals surface area (Å²) in [6, 6.07) is 24.9. The number of amides is 4. The Labute approximate surface area is 211 Å². The highest BCUT2D eigenvalue weighted by molar-refractivity contribution is 6.33. The smallest absolute Gasteiger partial charge is 0.319 e. The third kappa shape index (κ3) is 6.99. The summed E-state index contributed by atoms with van der Waals surface area (Å²) in [5.74, 6) is 0. The summed E-state index contributed by atoms with van der Waals surface area (Å²) >= 11 is 6.23. The van der Waals surface area contributed by atoms with Crippen molar-refractivity contribution < 1.29 is 9.59 Å². The lowest BCUT2D eigenvalue weighted by atomic mass is 9.93. The molecule has 35 heavy (non-hydrogen) atoms. The summed E-state index contributed by atoms with van der Waals surface area (Å²) in [5.41, 5.74) is 2.27. The van der Waals surface area contributed by atoms with Crippen LogP contribution in [0.3, 0.4) is 0 Å². The van der Waals surface area contributed by atoms with E-state index in [2.05, 4.69) is 21.3 Å². The van der Waals surface area contributed by atoms with Crippen molar-refractivity contribution in [2.24, 2.45) is 0 Å². The molecule has 6 nitrogen and oxygen atoms in total. The Morgan fingerprint density at radius 2 is 1.20 bits per heavy atom. The van der Waals surface area contributed by atoms with Gasteiger partial charge in [0.25, 0.3) is 0 Å². The fraction of sp³-hybridized carbons (Fsp3) is 0.286. The van der Waals surface area contributed by atoms with Crippen LogP contribution in [0.2, 0.25) is 5.02 Å². The number of nitrogens with one attached hydrogen (secondary N) is 4. The molecule has 1 saturated carbocycles. The summed E-state index contributed by atoms with van der Waals surface area (Å²) in [7, 11) is 0. The van der Waals surface area contributed by atoms with E-state index in [4.69, 9.17) is 11.6 Å². The summed E-state index contributed by atoms with van der Waals surface area (Å²) in [6.07, 6.45) is 5.45. The van der Waals surface area contributed by atoms with Crippen LogP contribution in [0.1, 0.15) is 55.3 Å². The van der Waals surface area contributed by atoms with Crippen LogP contribution < -0.4 is 21.3 Å². The number of hydrogen-bond acceptors (Lipinski definition) is 2. The van der Waals surface area contributed by atoms with Gasteiger partial charge in [-0.1, -0.05) is 104 Å². The van der Waals surface area contributed by atoms with Crippen LogP contribution in [0.4, 0.5) is 15.3 Å². The van der Waals surface area contributed by atoms with Crippen molar-refractivity contribution in [3.05, 3.63) is 101 Å². The SMILES string of the molecule is O=C(Nc1ccccc1Cl)N[C@@H](c1ccccc1)[C@@H](NC(=O)NC1CCCCC1)c1ccccc1. The van der Waals surface area contributed by atoms with Gasteiger partial charge in [0.05, 0.1) is 22.8 Å². The van der Waals surface area contributed by atoms with E-state index >= 15 is 0 Å². The molecule has 3 aromatic rings. The predicted molar refractivity (Wildman–Crippen MR) is 141 cm³/mol. The average Bonchev–Trinajstić information content (AvgIpc) is 2.89. The third-order valence-electron chi connectivity index (χ3n) is 6.29. The van der Waals surface area contributed by atoms with E-state index in [1.807, 2.05) is 60.7 Å². The summed E-state index contributed by atoms with van der Waals surface area (Å²) in [5, 5.41) is 12.6. The molecule has 1 aliphatic rings. The molecule has 0 aliphatic heterocycles. The zero-order valence-electron chi connectivity index (χ0n) is 19.5. The number of carbonyl (C=O) groups excluding carboxylic acids is 2. The molecule has 0 spiro atoms. The lowest BCUT2D eigenvalue weighted by Crippen LogP contribution is -2.48. The van der Waals surface area contributed by atoms with E-state index in [9.17, 15) is 9.59 Å². The summed E-state index contributed by atoms with van der Waals surface area (Å²) in [6.45, 7) is 0. The van der Waals surface area contributed by atoms with E-state index in [0.717, 1.165) is 36.8 Å². The lowest BCUT2D eigenvalue weighted by Gasteiger charge is -2.31. The molecular formula is C28H31ClN4O2. The number of benzene rings is 3. The second-order valence-corrected chi connectivity index (χ2v) is 9.21. The van der Waals surface area contributed by atoms with E-state index in [-0.39, 0.29) is 12.1 Å². The topological polar surface area (TPSA) is 82.3 Å². The van der Waals surface area contributed by atoms with Gasteiger partial charge in [0.15, 0.2) is 0 Å². The van der Waals surface area contributed by atoms with Gasteiger partial charge in [-0.05, 0) is 36.1 Å². The molecule has 0 radical (unpaired) electrons. The first-order valence-corrected chi connectivity index (χ1v) is 12.5. The number of carbonyl (C=O) groups is 2. The molecule has 1 fully saturated rings. The number of rotatable bonds is 7. The number of hydrogen-bond donors (Lipinski definition) is 4. The van der Waals surface area contributed by atoms with Gasteiger partial charge in [0, 0.05) is 6.04 Å². The minimum Gasteiger partial charge on any atom is -0.335 e. The molecule has 4 amide bonds. The maximum Gasteiger partial charge on any atom is 0.319 e. The van der Waals surface area contributed by atoms with E-state index in [0.29, 0.717) is 10.7 Å². The van der Waals surface area contributed by atoms with Gasteiger partial charge in [0.1, 0.15) is 0 Å². The third-order valence-corrected chi connectivity index (χ3v) is 6.62. The molecule has 0 unspecified atom stereocenters. The Morgan fingerprint density at radius 1 is 0.686 bits per heavy atom. The fourth-order valence-corrected chi connectivity index (χ4v) is 4.70. The molecule has 0 heterocycles. The van der Waals surface area contributed by atoms with Gasteiger partial charge in [-0.25, -0.2) is 9.59 Å². The molecule has 0 aromatic heterocycles. The molecule has 3 aromatic carbocycles. The van der Waals surface area contributed by atoms with Crippen molar-refractivity contribution in [3.8, 4) is 0 Å². The lowest BCUT2D eigenvalue weighted by molar-refractivity contribution is 0.222. The first kappa shape index (κ1) is 24.6. The van der Waals surface area contributed by atoms with Crippen molar-refractivity contribution in [2.75, 3.05) is 5.32 Å². The largest absolute Gasteiger partial charge is 0.335 e. The van der Waals surface area contributed by atoms with E-state index in [1.165, 1.54) is 6.42 Å². The number of para-hydroxylation sites is 1. The number of anilines is 1.